The van der Waals surface area contributed by atoms with Crippen molar-refractivity contribution in [1.82, 2.24) is 5.32 Å². The Labute approximate surface area is 129 Å². The van der Waals surface area contributed by atoms with Crippen molar-refractivity contribution in [1.29, 1.82) is 0 Å². The molecule has 0 bridgehead atoms. The average molecular weight is 298 g/mol. The third-order valence-corrected chi connectivity index (χ3v) is 4.18. The van der Waals surface area contributed by atoms with Crippen LogP contribution in [0.3, 0.4) is 0 Å². The number of hydrogen-bond acceptors (Lipinski definition) is 2. The van der Waals surface area contributed by atoms with Gasteiger partial charge in [-0.25, -0.2) is 0 Å². The molecule has 114 valence electrons. The lowest BCUT2D eigenvalue weighted by Crippen LogP contribution is -2.21. The first kappa shape index (κ1) is 17.3. The predicted octanol–water partition coefficient (Wildman–Crippen LogP) is 4.22. The van der Waals surface area contributed by atoms with Crippen LogP contribution in [0.15, 0.2) is 24.3 Å². The summed E-state index contributed by atoms with van der Waals surface area (Å²) in [7, 11) is 1.72. The Bertz CT molecular complexity index is 364. The van der Waals surface area contributed by atoms with Gasteiger partial charge in [-0.15, -0.1) is 12.4 Å². The van der Waals surface area contributed by atoms with Gasteiger partial charge in [0.15, 0.2) is 0 Å². The van der Waals surface area contributed by atoms with E-state index >= 15 is 0 Å². The lowest BCUT2D eigenvalue weighted by molar-refractivity contribution is 0.334. The van der Waals surface area contributed by atoms with E-state index in [1.54, 1.807) is 7.11 Å². The molecule has 1 aliphatic rings. The van der Waals surface area contributed by atoms with Gasteiger partial charge >= 0.3 is 0 Å². The number of ether oxygens (including phenoxy) is 1. The Morgan fingerprint density at radius 1 is 1.15 bits per heavy atom. The maximum Gasteiger partial charge on any atom is 0.119 e. The van der Waals surface area contributed by atoms with Gasteiger partial charge in [-0.05, 0) is 49.5 Å². The summed E-state index contributed by atoms with van der Waals surface area (Å²) in [4.78, 5) is 0. The van der Waals surface area contributed by atoms with E-state index in [4.69, 9.17) is 4.74 Å². The zero-order chi connectivity index (χ0) is 13.3. The Morgan fingerprint density at radius 2 is 1.95 bits per heavy atom. The molecule has 2 rings (SSSR count). The lowest BCUT2D eigenvalue weighted by Gasteiger charge is -2.21. The van der Waals surface area contributed by atoms with Crippen LogP contribution in [0.1, 0.15) is 44.1 Å². The van der Waals surface area contributed by atoms with Crippen LogP contribution in [-0.2, 0) is 6.42 Å². The number of halogens is 1. The zero-order valence-electron chi connectivity index (χ0n) is 12.6. The third kappa shape index (κ3) is 6.15. The summed E-state index contributed by atoms with van der Waals surface area (Å²) in [6.45, 7) is 2.24. The molecule has 1 N–H and O–H groups in total. The summed E-state index contributed by atoms with van der Waals surface area (Å²) in [6.07, 6.45) is 9.72. The van der Waals surface area contributed by atoms with Gasteiger partial charge in [-0.2, -0.15) is 0 Å². The number of hydrogen-bond donors (Lipinski definition) is 1. The molecule has 0 heterocycles. The van der Waals surface area contributed by atoms with E-state index in [0.717, 1.165) is 24.6 Å². The fourth-order valence-corrected chi connectivity index (χ4v) is 2.97. The van der Waals surface area contributed by atoms with E-state index in [-0.39, 0.29) is 12.4 Å². The molecule has 2 nitrogen and oxygen atoms in total. The highest BCUT2D eigenvalue weighted by Crippen LogP contribution is 2.25. The molecule has 0 atom stereocenters. The van der Waals surface area contributed by atoms with Gasteiger partial charge in [0.05, 0.1) is 7.11 Å². The second kappa shape index (κ2) is 10.1. The number of rotatable bonds is 7. The highest BCUT2D eigenvalue weighted by atomic mass is 35.5. The number of benzene rings is 1. The van der Waals surface area contributed by atoms with Crippen LogP contribution in [-0.4, -0.2) is 20.2 Å². The molecule has 0 radical (unpaired) electrons. The Hall–Kier alpha value is -0.730. The van der Waals surface area contributed by atoms with E-state index in [0.29, 0.717) is 0 Å². The van der Waals surface area contributed by atoms with Crippen molar-refractivity contribution in [3.05, 3.63) is 29.8 Å². The molecule has 0 amide bonds. The molecular weight excluding hydrogens is 270 g/mol. The molecule has 1 aliphatic carbocycles. The van der Waals surface area contributed by atoms with Crippen LogP contribution in [0.2, 0.25) is 0 Å². The molecule has 0 spiro atoms. The smallest absolute Gasteiger partial charge is 0.119 e. The monoisotopic (exact) mass is 297 g/mol. The predicted molar refractivity (Wildman–Crippen MR) is 88.0 cm³/mol. The molecule has 0 aromatic heterocycles. The highest BCUT2D eigenvalue weighted by molar-refractivity contribution is 5.85. The minimum Gasteiger partial charge on any atom is -0.497 e. The third-order valence-electron chi connectivity index (χ3n) is 4.18. The molecule has 0 aliphatic heterocycles. The molecular formula is C17H28ClNO. The largest absolute Gasteiger partial charge is 0.497 e. The van der Waals surface area contributed by atoms with Crippen molar-refractivity contribution < 1.29 is 4.74 Å². The molecule has 1 aromatic carbocycles. The lowest BCUT2D eigenvalue weighted by atomic mass is 9.87. The SMILES string of the molecule is COc1cccc(CCNCCC2CCCCC2)c1.Cl. The van der Waals surface area contributed by atoms with Gasteiger partial charge in [-0.1, -0.05) is 44.2 Å². The first-order valence-corrected chi connectivity index (χ1v) is 7.72. The van der Waals surface area contributed by atoms with Crippen LogP contribution < -0.4 is 10.1 Å². The second-order valence-corrected chi connectivity index (χ2v) is 5.64. The molecule has 20 heavy (non-hydrogen) atoms. The number of methoxy groups -OCH3 is 1. The molecule has 1 aromatic rings. The molecule has 1 saturated carbocycles. The summed E-state index contributed by atoms with van der Waals surface area (Å²) in [5.41, 5.74) is 1.35. The first-order chi connectivity index (χ1) is 9.38. The Morgan fingerprint density at radius 3 is 2.70 bits per heavy atom. The fraction of sp³-hybridized carbons (Fsp3) is 0.647. The van der Waals surface area contributed by atoms with Crippen LogP contribution in [0, 0.1) is 5.92 Å². The van der Waals surface area contributed by atoms with Crippen LogP contribution in [0.25, 0.3) is 0 Å². The molecule has 0 saturated heterocycles. The maximum absolute atomic E-state index is 5.24. The van der Waals surface area contributed by atoms with E-state index in [1.165, 1.54) is 50.6 Å². The minimum atomic E-state index is 0. The summed E-state index contributed by atoms with van der Waals surface area (Å²) < 4.78 is 5.24. The minimum absolute atomic E-state index is 0. The van der Waals surface area contributed by atoms with Crippen molar-refractivity contribution in [3.8, 4) is 5.75 Å². The van der Waals surface area contributed by atoms with E-state index < -0.39 is 0 Å². The van der Waals surface area contributed by atoms with Gasteiger partial charge in [0, 0.05) is 0 Å². The Kier molecular flexibility index (Phi) is 8.72. The normalized spacial score (nSPS) is 15.7. The van der Waals surface area contributed by atoms with Crippen molar-refractivity contribution >= 4 is 12.4 Å². The van der Waals surface area contributed by atoms with E-state index in [2.05, 4.69) is 23.5 Å². The van der Waals surface area contributed by atoms with Crippen molar-refractivity contribution in [2.24, 2.45) is 5.92 Å². The van der Waals surface area contributed by atoms with Gasteiger partial charge in [0.25, 0.3) is 0 Å². The fourth-order valence-electron chi connectivity index (χ4n) is 2.97. The Balaban J connectivity index is 0.00000200. The molecule has 1 fully saturated rings. The zero-order valence-corrected chi connectivity index (χ0v) is 13.4. The van der Waals surface area contributed by atoms with Gasteiger partial charge in [0.1, 0.15) is 5.75 Å². The maximum atomic E-state index is 5.24. The van der Waals surface area contributed by atoms with E-state index in [9.17, 15) is 0 Å². The summed E-state index contributed by atoms with van der Waals surface area (Å²) in [5, 5.41) is 3.58. The van der Waals surface area contributed by atoms with Crippen molar-refractivity contribution in [2.45, 2.75) is 44.9 Å². The van der Waals surface area contributed by atoms with E-state index in [1.807, 2.05) is 6.07 Å². The van der Waals surface area contributed by atoms with Crippen LogP contribution in [0.5, 0.6) is 5.75 Å². The summed E-state index contributed by atoms with van der Waals surface area (Å²) >= 11 is 0. The van der Waals surface area contributed by atoms with Crippen LogP contribution in [0.4, 0.5) is 0 Å². The topological polar surface area (TPSA) is 21.3 Å². The van der Waals surface area contributed by atoms with Gasteiger partial charge in [0.2, 0.25) is 0 Å². The first-order valence-electron chi connectivity index (χ1n) is 7.72. The quantitative estimate of drug-likeness (QED) is 0.761. The van der Waals surface area contributed by atoms with Crippen molar-refractivity contribution in [3.63, 3.8) is 0 Å². The second-order valence-electron chi connectivity index (χ2n) is 5.64. The highest BCUT2D eigenvalue weighted by Gasteiger charge is 2.12. The standard InChI is InChI=1S/C17H27NO.ClH/c1-19-17-9-5-8-16(14-17)11-13-18-12-10-15-6-3-2-4-7-15;/h5,8-9,14-15,18H,2-4,6-7,10-13H2,1H3;1H. The molecule has 0 unspecified atom stereocenters. The summed E-state index contributed by atoms with van der Waals surface area (Å²) in [6, 6.07) is 8.37. The average Bonchev–Trinajstić information content (AvgIpc) is 2.48. The van der Waals surface area contributed by atoms with Gasteiger partial charge < -0.3 is 10.1 Å². The van der Waals surface area contributed by atoms with Gasteiger partial charge in [-0.3, -0.25) is 0 Å². The van der Waals surface area contributed by atoms with Crippen LogP contribution >= 0.6 is 12.4 Å². The van der Waals surface area contributed by atoms with Crippen molar-refractivity contribution in [2.75, 3.05) is 20.2 Å². The summed E-state index contributed by atoms with van der Waals surface area (Å²) in [5.74, 6) is 1.94. The molecule has 3 heteroatoms. The number of nitrogens with one attached hydrogen (secondary N) is 1.